The van der Waals surface area contributed by atoms with Crippen LogP contribution >= 0.6 is 0 Å². The Hall–Kier alpha value is -2.47. The topological polar surface area (TPSA) is 67.2 Å². The van der Waals surface area contributed by atoms with E-state index in [2.05, 4.69) is 22.4 Å². The van der Waals surface area contributed by atoms with Crippen molar-refractivity contribution in [3.05, 3.63) is 58.0 Å². The number of amides is 1. The van der Waals surface area contributed by atoms with E-state index in [4.69, 9.17) is 0 Å². The van der Waals surface area contributed by atoms with Gasteiger partial charge < -0.3 is 10.2 Å². The molecule has 0 bridgehead atoms. The molecule has 2 aromatic rings. The molecule has 6 nitrogen and oxygen atoms in total. The number of rotatable bonds is 7. The van der Waals surface area contributed by atoms with Crippen LogP contribution in [0.1, 0.15) is 54.7 Å². The van der Waals surface area contributed by atoms with Crippen LogP contribution in [0.4, 0.5) is 0 Å². The molecule has 1 N–H and O–H groups in total. The Labute approximate surface area is 166 Å². The second kappa shape index (κ2) is 9.64. The van der Waals surface area contributed by atoms with Gasteiger partial charge in [-0.05, 0) is 51.9 Å². The third kappa shape index (κ3) is 5.07. The number of nitrogens with zero attached hydrogens (tertiary/aromatic N) is 3. The second-order valence-corrected chi connectivity index (χ2v) is 7.63. The minimum atomic E-state index is -0.407. The van der Waals surface area contributed by atoms with E-state index in [1.54, 1.807) is 4.68 Å². The van der Waals surface area contributed by atoms with E-state index < -0.39 is 5.91 Å². The van der Waals surface area contributed by atoms with Gasteiger partial charge in [-0.25, -0.2) is 4.68 Å². The van der Waals surface area contributed by atoms with Gasteiger partial charge in [0.2, 0.25) is 5.43 Å². The standard InChI is InChI=1S/C22H30N4O2/c1-17-16-20(27)21(24-26(17)19-12-7-4-8-13-19)22(28)23-14-9-15-25(2)18-10-5-3-6-11-18/h4,7-8,12-13,16,18H,3,5-6,9-11,14-15H2,1-2H3,(H,23,28). The zero-order chi connectivity index (χ0) is 19.9. The molecule has 1 aliphatic carbocycles. The lowest BCUT2D eigenvalue weighted by Crippen LogP contribution is -2.37. The van der Waals surface area contributed by atoms with Gasteiger partial charge in [-0.15, -0.1) is 0 Å². The van der Waals surface area contributed by atoms with Crippen LogP contribution in [0.5, 0.6) is 0 Å². The first-order chi connectivity index (χ1) is 13.6. The van der Waals surface area contributed by atoms with E-state index in [1.165, 1.54) is 38.2 Å². The molecule has 1 aliphatic rings. The molecule has 0 unspecified atom stereocenters. The highest BCUT2D eigenvalue weighted by Crippen LogP contribution is 2.21. The Morgan fingerprint density at radius 3 is 2.64 bits per heavy atom. The lowest BCUT2D eigenvalue weighted by Gasteiger charge is -2.31. The smallest absolute Gasteiger partial charge is 0.275 e. The van der Waals surface area contributed by atoms with Crippen LogP contribution < -0.4 is 10.7 Å². The molecule has 6 heteroatoms. The first kappa shape index (κ1) is 20.3. The maximum Gasteiger partial charge on any atom is 0.275 e. The summed E-state index contributed by atoms with van der Waals surface area (Å²) in [5, 5.41) is 7.17. The predicted octanol–water partition coefficient (Wildman–Crippen LogP) is 2.93. The minimum absolute atomic E-state index is 0.0601. The highest BCUT2D eigenvalue weighted by Gasteiger charge is 2.18. The summed E-state index contributed by atoms with van der Waals surface area (Å²) in [6.45, 7) is 3.29. The third-order valence-electron chi connectivity index (χ3n) is 5.49. The molecule has 0 aliphatic heterocycles. The number of carbonyl (C=O) groups is 1. The summed E-state index contributed by atoms with van der Waals surface area (Å²) in [6.07, 6.45) is 7.39. The molecule has 1 amide bonds. The lowest BCUT2D eigenvalue weighted by atomic mass is 9.94. The average molecular weight is 383 g/mol. The number of hydrogen-bond acceptors (Lipinski definition) is 4. The fraction of sp³-hybridized carbons (Fsp3) is 0.500. The first-order valence-corrected chi connectivity index (χ1v) is 10.2. The molecule has 1 heterocycles. The molecular weight excluding hydrogens is 352 g/mol. The average Bonchev–Trinajstić information content (AvgIpc) is 2.72. The van der Waals surface area contributed by atoms with Gasteiger partial charge in [0.05, 0.1) is 5.69 Å². The molecule has 0 spiro atoms. The Morgan fingerprint density at radius 2 is 1.93 bits per heavy atom. The second-order valence-electron chi connectivity index (χ2n) is 7.63. The molecule has 1 fully saturated rings. The van der Waals surface area contributed by atoms with Crippen molar-refractivity contribution in [1.82, 2.24) is 20.0 Å². The van der Waals surface area contributed by atoms with Crippen LogP contribution in [0.3, 0.4) is 0 Å². The Balaban J connectivity index is 1.57. The van der Waals surface area contributed by atoms with E-state index in [9.17, 15) is 9.59 Å². The van der Waals surface area contributed by atoms with Crippen LogP contribution in [0, 0.1) is 6.92 Å². The third-order valence-corrected chi connectivity index (χ3v) is 5.49. The zero-order valence-electron chi connectivity index (χ0n) is 16.9. The van der Waals surface area contributed by atoms with Gasteiger partial charge in [0.1, 0.15) is 0 Å². The largest absolute Gasteiger partial charge is 0.350 e. The highest BCUT2D eigenvalue weighted by atomic mass is 16.2. The van der Waals surface area contributed by atoms with Crippen LogP contribution in [-0.2, 0) is 0 Å². The molecule has 0 atom stereocenters. The quantitative estimate of drug-likeness (QED) is 0.748. The van der Waals surface area contributed by atoms with Gasteiger partial charge in [0.15, 0.2) is 5.69 Å². The fourth-order valence-corrected chi connectivity index (χ4v) is 3.85. The van der Waals surface area contributed by atoms with Crippen molar-refractivity contribution in [2.75, 3.05) is 20.1 Å². The molecule has 0 radical (unpaired) electrons. The van der Waals surface area contributed by atoms with Gasteiger partial charge in [0.25, 0.3) is 5.91 Å². The normalized spacial score (nSPS) is 15.0. The predicted molar refractivity (Wildman–Crippen MR) is 111 cm³/mol. The highest BCUT2D eigenvalue weighted by molar-refractivity contribution is 5.92. The molecule has 150 valence electrons. The van der Waals surface area contributed by atoms with E-state index in [1.807, 2.05) is 37.3 Å². The van der Waals surface area contributed by atoms with Crippen molar-refractivity contribution in [3.63, 3.8) is 0 Å². The Morgan fingerprint density at radius 1 is 1.21 bits per heavy atom. The van der Waals surface area contributed by atoms with E-state index in [0.29, 0.717) is 18.3 Å². The van der Waals surface area contributed by atoms with E-state index >= 15 is 0 Å². The summed E-state index contributed by atoms with van der Waals surface area (Å²) in [5.41, 5.74) is 1.11. The summed E-state index contributed by atoms with van der Waals surface area (Å²) in [7, 11) is 2.16. The summed E-state index contributed by atoms with van der Waals surface area (Å²) in [6, 6.07) is 11.6. The van der Waals surface area contributed by atoms with Gasteiger partial charge in [-0.2, -0.15) is 5.10 Å². The minimum Gasteiger partial charge on any atom is -0.350 e. The number of benzene rings is 1. The Bertz CT molecular complexity index is 841. The molecule has 3 rings (SSSR count). The van der Waals surface area contributed by atoms with Crippen LogP contribution in [-0.4, -0.2) is 46.8 Å². The molecule has 1 aromatic carbocycles. The molecule has 1 saturated carbocycles. The van der Waals surface area contributed by atoms with Gasteiger partial charge in [-0.1, -0.05) is 37.5 Å². The number of hydrogen-bond donors (Lipinski definition) is 1. The van der Waals surface area contributed by atoms with Crippen molar-refractivity contribution in [3.8, 4) is 5.69 Å². The van der Waals surface area contributed by atoms with Gasteiger partial charge >= 0.3 is 0 Å². The number of carbonyl (C=O) groups excluding carboxylic acids is 1. The van der Waals surface area contributed by atoms with Crippen LogP contribution in [0.25, 0.3) is 5.69 Å². The number of aryl methyl sites for hydroxylation is 1. The SMILES string of the molecule is Cc1cc(=O)c(C(=O)NCCCN(C)C2CCCCC2)nn1-c1ccccc1. The first-order valence-electron chi connectivity index (χ1n) is 10.2. The zero-order valence-corrected chi connectivity index (χ0v) is 16.9. The maximum atomic E-state index is 12.5. The van der Waals surface area contributed by atoms with Crippen molar-refractivity contribution < 1.29 is 4.79 Å². The van der Waals surface area contributed by atoms with Gasteiger partial charge in [-0.3, -0.25) is 9.59 Å². The monoisotopic (exact) mass is 382 g/mol. The summed E-state index contributed by atoms with van der Waals surface area (Å²) in [5.74, 6) is -0.407. The molecule has 28 heavy (non-hydrogen) atoms. The molecule has 1 aromatic heterocycles. The number of para-hydroxylation sites is 1. The number of aromatic nitrogens is 2. The van der Waals surface area contributed by atoms with Crippen LogP contribution in [0.2, 0.25) is 0 Å². The number of nitrogens with one attached hydrogen (secondary N) is 1. The molecule has 0 saturated heterocycles. The van der Waals surface area contributed by atoms with Crippen molar-refractivity contribution in [2.24, 2.45) is 0 Å². The summed E-state index contributed by atoms with van der Waals surface area (Å²) in [4.78, 5) is 27.2. The van der Waals surface area contributed by atoms with Crippen molar-refractivity contribution >= 4 is 5.91 Å². The Kier molecular flexibility index (Phi) is 6.98. The maximum absolute atomic E-state index is 12.5. The molecular formula is C22H30N4O2. The fourth-order valence-electron chi connectivity index (χ4n) is 3.85. The van der Waals surface area contributed by atoms with Crippen molar-refractivity contribution in [1.29, 1.82) is 0 Å². The van der Waals surface area contributed by atoms with E-state index in [-0.39, 0.29) is 11.1 Å². The van der Waals surface area contributed by atoms with Crippen molar-refractivity contribution in [2.45, 2.75) is 51.5 Å². The van der Waals surface area contributed by atoms with Crippen LogP contribution in [0.15, 0.2) is 41.2 Å². The van der Waals surface area contributed by atoms with E-state index in [0.717, 1.165) is 18.7 Å². The summed E-state index contributed by atoms with van der Waals surface area (Å²) >= 11 is 0. The summed E-state index contributed by atoms with van der Waals surface area (Å²) < 4.78 is 1.63. The lowest BCUT2D eigenvalue weighted by molar-refractivity contribution is 0.0942. The van der Waals surface area contributed by atoms with Gasteiger partial charge in [0, 0.05) is 24.3 Å².